The number of anilines is 1. The van der Waals surface area contributed by atoms with Crippen LogP contribution in [0.3, 0.4) is 0 Å². The highest BCUT2D eigenvalue weighted by molar-refractivity contribution is 6.31. The number of nitrogens with zero attached hydrogens (tertiary/aromatic N) is 1. The van der Waals surface area contributed by atoms with Gasteiger partial charge < -0.3 is 10.2 Å². The summed E-state index contributed by atoms with van der Waals surface area (Å²) in [5, 5.41) is 4.45. The van der Waals surface area contributed by atoms with Crippen molar-refractivity contribution in [2.24, 2.45) is 0 Å². The Morgan fingerprint density at radius 2 is 1.90 bits per heavy atom. The van der Waals surface area contributed by atoms with Crippen LogP contribution in [0.4, 0.5) is 5.69 Å². The van der Waals surface area contributed by atoms with E-state index in [0.29, 0.717) is 6.04 Å². The molecule has 0 unspecified atom stereocenters. The normalized spacial score (nSPS) is 16.4. The maximum Gasteiger partial charge on any atom is 0.0471 e. The van der Waals surface area contributed by atoms with E-state index in [0.717, 1.165) is 18.1 Å². The first-order valence-electron chi connectivity index (χ1n) is 8.21. The smallest absolute Gasteiger partial charge is 0.0471 e. The molecule has 3 heteroatoms. The van der Waals surface area contributed by atoms with E-state index in [9.17, 15) is 0 Å². The zero-order chi connectivity index (χ0) is 15.5. The van der Waals surface area contributed by atoms with Crippen LogP contribution >= 0.6 is 11.6 Å². The summed E-state index contributed by atoms with van der Waals surface area (Å²) in [4.78, 5) is 2.55. The minimum absolute atomic E-state index is 0.0981. The second kappa shape index (κ2) is 7.02. The fraction of sp³-hybridized carbons (Fsp3) is 0.667. The van der Waals surface area contributed by atoms with Crippen molar-refractivity contribution in [2.45, 2.75) is 71.5 Å². The Morgan fingerprint density at radius 3 is 2.48 bits per heavy atom. The van der Waals surface area contributed by atoms with E-state index in [2.05, 4.69) is 50.0 Å². The van der Waals surface area contributed by atoms with Crippen LogP contribution in [0.5, 0.6) is 0 Å². The van der Waals surface area contributed by atoms with E-state index in [1.54, 1.807) is 0 Å². The summed E-state index contributed by atoms with van der Waals surface area (Å²) in [6.45, 7) is 10.7. The maximum atomic E-state index is 6.50. The summed E-state index contributed by atoms with van der Waals surface area (Å²) in [5.74, 6) is 0. The van der Waals surface area contributed by atoms with Gasteiger partial charge in [0.25, 0.3) is 0 Å². The molecule has 1 aliphatic carbocycles. The van der Waals surface area contributed by atoms with Gasteiger partial charge in [0.2, 0.25) is 0 Å². The number of rotatable bonds is 5. The summed E-state index contributed by atoms with van der Waals surface area (Å²) in [7, 11) is 0. The van der Waals surface area contributed by atoms with Gasteiger partial charge in [-0.25, -0.2) is 0 Å². The Morgan fingerprint density at radius 1 is 1.24 bits per heavy atom. The molecule has 2 nitrogen and oxygen atoms in total. The quantitative estimate of drug-likeness (QED) is 0.823. The molecule has 0 aromatic heterocycles. The fourth-order valence-corrected chi connectivity index (χ4v) is 3.42. The molecule has 1 aromatic carbocycles. The minimum Gasteiger partial charge on any atom is -0.369 e. The number of hydrogen-bond acceptors (Lipinski definition) is 2. The number of nitrogens with one attached hydrogen (secondary N) is 1. The molecule has 21 heavy (non-hydrogen) atoms. The lowest BCUT2D eigenvalue weighted by atomic mass is 10.1. The van der Waals surface area contributed by atoms with Gasteiger partial charge in [0, 0.05) is 40.9 Å². The van der Waals surface area contributed by atoms with Crippen molar-refractivity contribution in [3.63, 3.8) is 0 Å². The number of halogens is 1. The Balaban J connectivity index is 2.26. The van der Waals surface area contributed by atoms with E-state index in [1.165, 1.54) is 36.9 Å². The van der Waals surface area contributed by atoms with Gasteiger partial charge in [0.05, 0.1) is 0 Å². The molecule has 0 heterocycles. The third kappa shape index (κ3) is 4.37. The maximum absolute atomic E-state index is 6.50. The lowest BCUT2D eigenvalue weighted by Gasteiger charge is -2.33. The number of benzene rings is 1. The molecule has 1 aromatic rings. The van der Waals surface area contributed by atoms with Crippen molar-refractivity contribution in [2.75, 3.05) is 11.4 Å². The molecular weight excluding hydrogens is 280 g/mol. The summed E-state index contributed by atoms with van der Waals surface area (Å²) >= 11 is 6.50. The molecule has 1 N–H and O–H groups in total. The predicted octanol–water partition coefficient (Wildman–Crippen LogP) is 5.00. The summed E-state index contributed by atoms with van der Waals surface area (Å²) in [6.07, 6.45) is 5.34. The average Bonchev–Trinajstić information content (AvgIpc) is 2.91. The molecule has 0 amide bonds. The van der Waals surface area contributed by atoms with E-state index in [1.807, 2.05) is 6.07 Å². The predicted molar refractivity (Wildman–Crippen MR) is 93.3 cm³/mol. The van der Waals surface area contributed by atoms with E-state index < -0.39 is 0 Å². The third-order valence-corrected chi connectivity index (χ3v) is 4.66. The summed E-state index contributed by atoms with van der Waals surface area (Å²) in [5.41, 5.74) is 2.65. The molecule has 0 atom stereocenters. The highest BCUT2D eigenvalue weighted by Gasteiger charge is 2.24. The Kier molecular flexibility index (Phi) is 5.56. The average molecular weight is 309 g/mol. The van der Waals surface area contributed by atoms with Crippen LogP contribution < -0.4 is 10.2 Å². The van der Waals surface area contributed by atoms with Crippen LogP contribution in [-0.4, -0.2) is 18.1 Å². The molecular formula is C18H29ClN2. The standard InChI is InChI=1S/C18H29ClN2/c1-5-21(14-9-6-7-10-14)17-12-8-11-16(19)15(17)13-20-18(2,3)4/h8,11-12,14,20H,5-7,9-10,13H2,1-4H3. The molecule has 0 spiro atoms. The Hall–Kier alpha value is -0.730. The lowest BCUT2D eigenvalue weighted by Crippen LogP contribution is -2.37. The lowest BCUT2D eigenvalue weighted by molar-refractivity contribution is 0.424. The summed E-state index contributed by atoms with van der Waals surface area (Å²) < 4.78 is 0. The molecule has 1 fully saturated rings. The van der Waals surface area contributed by atoms with Gasteiger partial charge in [0.15, 0.2) is 0 Å². The summed E-state index contributed by atoms with van der Waals surface area (Å²) in [6, 6.07) is 7.00. The van der Waals surface area contributed by atoms with Crippen molar-refractivity contribution in [1.29, 1.82) is 0 Å². The van der Waals surface area contributed by atoms with Crippen LogP contribution in [0, 0.1) is 0 Å². The highest BCUT2D eigenvalue weighted by Crippen LogP contribution is 2.33. The van der Waals surface area contributed by atoms with Gasteiger partial charge in [-0.2, -0.15) is 0 Å². The second-order valence-electron chi connectivity index (χ2n) is 7.07. The topological polar surface area (TPSA) is 15.3 Å². The third-order valence-electron chi connectivity index (χ3n) is 4.31. The van der Waals surface area contributed by atoms with Crippen LogP contribution in [0.1, 0.15) is 58.9 Å². The first kappa shape index (κ1) is 16.6. The second-order valence-corrected chi connectivity index (χ2v) is 7.47. The molecule has 0 aliphatic heterocycles. The van der Waals surface area contributed by atoms with Crippen molar-refractivity contribution in [3.8, 4) is 0 Å². The van der Waals surface area contributed by atoms with Gasteiger partial charge >= 0.3 is 0 Å². The molecule has 2 rings (SSSR count). The van der Waals surface area contributed by atoms with E-state index in [-0.39, 0.29) is 5.54 Å². The van der Waals surface area contributed by atoms with Gasteiger partial charge in [0.1, 0.15) is 0 Å². The van der Waals surface area contributed by atoms with Crippen molar-refractivity contribution < 1.29 is 0 Å². The molecule has 0 bridgehead atoms. The van der Waals surface area contributed by atoms with Crippen molar-refractivity contribution in [3.05, 3.63) is 28.8 Å². The fourth-order valence-electron chi connectivity index (χ4n) is 3.19. The van der Waals surface area contributed by atoms with Crippen LogP contribution in [0.2, 0.25) is 5.02 Å². The molecule has 1 saturated carbocycles. The molecule has 0 saturated heterocycles. The Bertz CT molecular complexity index is 459. The van der Waals surface area contributed by atoms with Gasteiger partial charge in [-0.15, -0.1) is 0 Å². The first-order chi connectivity index (χ1) is 9.92. The van der Waals surface area contributed by atoms with Crippen LogP contribution in [0.25, 0.3) is 0 Å². The van der Waals surface area contributed by atoms with Gasteiger partial charge in [-0.1, -0.05) is 30.5 Å². The van der Waals surface area contributed by atoms with Gasteiger partial charge in [-0.3, -0.25) is 0 Å². The zero-order valence-corrected chi connectivity index (χ0v) is 14.6. The Labute approximate surface area is 134 Å². The zero-order valence-electron chi connectivity index (χ0n) is 13.9. The van der Waals surface area contributed by atoms with Crippen molar-refractivity contribution in [1.82, 2.24) is 5.32 Å². The molecule has 118 valence electrons. The SMILES string of the molecule is CCN(c1cccc(Cl)c1CNC(C)(C)C)C1CCCC1. The number of hydrogen-bond donors (Lipinski definition) is 1. The van der Waals surface area contributed by atoms with Crippen LogP contribution in [-0.2, 0) is 6.54 Å². The van der Waals surface area contributed by atoms with E-state index >= 15 is 0 Å². The monoisotopic (exact) mass is 308 g/mol. The highest BCUT2D eigenvalue weighted by atomic mass is 35.5. The first-order valence-corrected chi connectivity index (χ1v) is 8.59. The van der Waals surface area contributed by atoms with Crippen molar-refractivity contribution >= 4 is 17.3 Å². The van der Waals surface area contributed by atoms with Crippen LogP contribution in [0.15, 0.2) is 18.2 Å². The molecule has 1 aliphatic rings. The minimum atomic E-state index is 0.0981. The largest absolute Gasteiger partial charge is 0.369 e. The van der Waals surface area contributed by atoms with Gasteiger partial charge in [-0.05, 0) is 52.7 Å². The molecule has 0 radical (unpaired) electrons. The van der Waals surface area contributed by atoms with E-state index in [4.69, 9.17) is 11.6 Å².